The molecule has 0 saturated heterocycles. The van der Waals surface area contributed by atoms with Crippen LogP contribution in [0.2, 0.25) is 0 Å². The zero-order valence-electron chi connectivity index (χ0n) is 11.0. The zero-order valence-corrected chi connectivity index (χ0v) is 11.8. The summed E-state index contributed by atoms with van der Waals surface area (Å²) < 4.78 is 10.4. The Balaban J connectivity index is 2.40. The van der Waals surface area contributed by atoms with Gasteiger partial charge in [0.25, 0.3) is 0 Å². The van der Waals surface area contributed by atoms with Crippen LogP contribution in [0.25, 0.3) is 0 Å². The van der Waals surface area contributed by atoms with Crippen LogP contribution in [-0.2, 0) is 16.0 Å². The molecule has 1 aromatic heterocycles. The van der Waals surface area contributed by atoms with Crippen LogP contribution in [0.4, 0.5) is 0 Å². The van der Waals surface area contributed by atoms with Crippen LogP contribution in [0, 0.1) is 0 Å². The summed E-state index contributed by atoms with van der Waals surface area (Å²) in [5, 5.41) is 0.734. The first-order chi connectivity index (χ1) is 8.61. The third kappa shape index (κ3) is 5.82. The van der Waals surface area contributed by atoms with E-state index in [-0.39, 0.29) is 12.0 Å². The summed E-state index contributed by atoms with van der Waals surface area (Å²) in [7, 11) is 0. The molecule has 0 unspecified atom stereocenters. The molecule has 1 aromatic rings. The Bertz CT molecular complexity index is 399. The summed E-state index contributed by atoms with van der Waals surface area (Å²) in [6, 6.07) is 3.92. The van der Waals surface area contributed by atoms with Crippen molar-refractivity contribution < 1.29 is 14.3 Å². The molecule has 1 heterocycles. The number of carbonyl (C=O) groups excluding carboxylic acids is 1. The Morgan fingerprint density at radius 1 is 1.50 bits per heavy atom. The van der Waals surface area contributed by atoms with Gasteiger partial charge in [-0.15, -0.1) is 11.3 Å². The number of hydrogen-bond acceptors (Lipinski definition) is 5. The van der Waals surface area contributed by atoms with E-state index in [1.54, 1.807) is 0 Å². The van der Waals surface area contributed by atoms with Gasteiger partial charge in [0.05, 0.1) is 13.0 Å². The summed E-state index contributed by atoms with van der Waals surface area (Å²) in [5.74, 6) is -0.193. The third-order valence-electron chi connectivity index (χ3n) is 1.95. The molecule has 0 spiro atoms. The Hall–Kier alpha value is -1.36. The molecular formula is C13H19NO3S. The molecule has 5 heteroatoms. The fraction of sp³-hybridized carbons (Fsp3) is 0.538. The van der Waals surface area contributed by atoms with E-state index in [1.165, 1.54) is 17.7 Å². The van der Waals surface area contributed by atoms with Crippen LogP contribution in [0.1, 0.15) is 32.1 Å². The predicted octanol–water partition coefficient (Wildman–Crippen LogP) is 3.06. The first-order valence-electron chi connectivity index (χ1n) is 6.04. The lowest BCUT2D eigenvalue weighted by Crippen LogP contribution is -2.07. The highest BCUT2D eigenvalue weighted by Gasteiger charge is 2.07. The minimum Gasteiger partial charge on any atom is -0.465 e. The molecule has 0 aliphatic heterocycles. The quantitative estimate of drug-likeness (QED) is 0.434. The SMILES string of the molecule is CCCOC(=O)Cc1ccc(O/C=N/C(C)C)s1. The van der Waals surface area contributed by atoms with Crippen LogP contribution in [0.15, 0.2) is 17.1 Å². The predicted molar refractivity (Wildman–Crippen MR) is 73.5 cm³/mol. The van der Waals surface area contributed by atoms with Crippen LogP contribution in [0.5, 0.6) is 5.06 Å². The van der Waals surface area contributed by atoms with Crippen molar-refractivity contribution in [3.05, 3.63) is 17.0 Å². The molecule has 0 fully saturated rings. The van der Waals surface area contributed by atoms with Gasteiger partial charge >= 0.3 is 5.97 Å². The second-order valence-corrected chi connectivity index (χ2v) is 5.21. The van der Waals surface area contributed by atoms with Gasteiger partial charge < -0.3 is 9.47 Å². The Labute approximate surface area is 112 Å². The molecule has 0 amide bonds. The number of esters is 1. The van der Waals surface area contributed by atoms with Crippen molar-refractivity contribution in [1.29, 1.82) is 0 Å². The minimum absolute atomic E-state index is 0.193. The third-order valence-corrected chi connectivity index (χ3v) is 2.93. The monoisotopic (exact) mass is 269 g/mol. The van der Waals surface area contributed by atoms with Crippen LogP contribution in [0.3, 0.4) is 0 Å². The zero-order chi connectivity index (χ0) is 13.4. The maximum absolute atomic E-state index is 11.4. The lowest BCUT2D eigenvalue weighted by atomic mass is 10.3. The Kier molecular flexibility index (Phi) is 6.43. The van der Waals surface area contributed by atoms with Gasteiger partial charge in [-0.3, -0.25) is 9.79 Å². The molecule has 0 bridgehead atoms. The largest absolute Gasteiger partial charge is 0.465 e. The first kappa shape index (κ1) is 14.7. The normalized spacial score (nSPS) is 11.1. The summed E-state index contributed by atoms with van der Waals surface area (Å²) in [6.45, 7) is 6.40. The van der Waals surface area contributed by atoms with Gasteiger partial charge in [-0.05, 0) is 32.4 Å². The van der Waals surface area contributed by atoms with Gasteiger partial charge in [0.15, 0.2) is 11.5 Å². The number of rotatable bonds is 7. The van der Waals surface area contributed by atoms with Crippen LogP contribution < -0.4 is 4.74 Å². The van der Waals surface area contributed by atoms with Gasteiger partial charge in [-0.25, -0.2) is 0 Å². The molecule has 0 atom stereocenters. The van der Waals surface area contributed by atoms with E-state index in [4.69, 9.17) is 9.47 Å². The van der Waals surface area contributed by atoms with Gasteiger partial charge in [-0.2, -0.15) is 0 Å². The van der Waals surface area contributed by atoms with E-state index in [0.29, 0.717) is 13.0 Å². The first-order valence-corrected chi connectivity index (χ1v) is 6.86. The second-order valence-electron chi connectivity index (χ2n) is 4.08. The van der Waals surface area contributed by atoms with Crippen molar-refractivity contribution in [2.75, 3.05) is 6.61 Å². The van der Waals surface area contributed by atoms with Gasteiger partial charge in [-0.1, -0.05) is 6.92 Å². The molecule has 0 N–H and O–H groups in total. The maximum Gasteiger partial charge on any atom is 0.311 e. The molecule has 18 heavy (non-hydrogen) atoms. The topological polar surface area (TPSA) is 47.9 Å². The van der Waals surface area contributed by atoms with E-state index in [0.717, 1.165) is 16.4 Å². The molecule has 0 aromatic carbocycles. The van der Waals surface area contributed by atoms with Gasteiger partial charge in [0.1, 0.15) is 0 Å². The lowest BCUT2D eigenvalue weighted by Gasteiger charge is -2.00. The maximum atomic E-state index is 11.4. The minimum atomic E-state index is -0.193. The number of thiophene rings is 1. The second kappa shape index (κ2) is 7.87. The van der Waals surface area contributed by atoms with Crippen molar-refractivity contribution in [1.82, 2.24) is 0 Å². The van der Waals surface area contributed by atoms with Crippen molar-refractivity contribution in [2.24, 2.45) is 4.99 Å². The van der Waals surface area contributed by atoms with Gasteiger partial charge in [0.2, 0.25) is 0 Å². The summed E-state index contributed by atoms with van der Waals surface area (Å²) >= 11 is 1.43. The summed E-state index contributed by atoms with van der Waals surface area (Å²) in [4.78, 5) is 16.4. The molecule has 0 radical (unpaired) electrons. The molecule has 0 aliphatic rings. The number of carbonyl (C=O) groups is 1. The van der Waals surface area contributed by atoms with E-state index < -0.39 is 0 Å². The van der Waals surface area contributed by atoms with E-state index in [2.05, 4.69) is 4.99 Å². The fourth-order valence-electron chi connectivity index (χ4n) is 1.13. The molecule has 0 aliphatic carbocycles. The number of nitrogens with zero attached hydrogens (tertiary/aromatic N) is 1. The fourth-order valence-corrected chi connectivity index (χ4v) is 1.94. The van der Waals surface area contributed by atoms with Crippen LogP contribution in [-0.4, -0.2) is 25.0 Å². The molecule has 100 valence electrons. The van der Waals surface area contributed by atoms with Crippen LogP contribution >= 0.6 is 11.3 Å². The molecule has 1 rings (SSSR count). The smallest absolute Gasteiger partial charge is 0.311 e. The highest BCUT2D eigenvalue weighted by molar-refractivity contribution is 7.14. The Morgan fingerprint density at radius 2 is 2.28 bits per heavy atom. The van der Waals surface area contributed by atoms with Crippen molar-refractivity contribution in [2.45, 2.75) is 39.7 Å². The van der Waals surface area contributed by atoms with Crippen molar-refractivity contribution in [3.63, 3.8) is 0 Å². The summed E-state index contributed by atoms with van der Waals surface area (Å²) in [6.07, 6.45) is 2.58. The standard InChI is InChI=1S/C13H19NO3S/c1-4-7-16-12(15)8-11-5-6-13(18-11)17-9-14-10(2)3/h5-6,9-10H,4,7-8H2,1-3H3/b14-9+. The molecule has 4 nitrogen and oxygen atoms in total. The average molecular weight is 269 g/mol. The molecular weight excluding hydrogens is 250 g/mol. The number of ether oxygens (including phenoxy) is 2. The lowest BCUT2D eigenvalue weighted by molar-refractivity contribution is -0.142. The number of aliphatic imine (C=N–C) groups is 1. The van der Waals surface area contributed by atoms with E-state index >= 15 is 0 Å². The molecule has 0 saturated carbocycles. The highest BCUT2D eigenvalue weighted by atomic mass is 32.1. The highest BCUT2D eigenvalue weighted by Crippen LogP contribution is 2.24. The average Bonchev–Trinajstić information content (AvgIpc) is 2.73. The summed E-state index contributed by atoms with van der Waals surface area (Å²) in [5.41, 5.74) is 0. The Morgan fingerprint density at radius 3 is 2.94 bits per heavy atom. The number of hydrogen-bond donors (Lipinski definition) is 0. The van der Waals surface area contributed by atoms with E-state index in [9.17, 15) is 4.79 Å². The van der Waals surface area contributed by atoms with Gasteiger partial charge in [0, 0.05) is 10.9 Å². The van der Waals surface area contributed by atoms with Crippen molar-refractivity contribution in [3.8, 4) is 5.06 Å². The van der Waals surface area contributed by atoms with E-state index in [1.807, 2.05) is 32.9 Å². The van der Waals surface area contributed by atoms with Crippen molar-refractivity contribution >= 4 is 23.7 Å².